The Morgan fingerprint density at radius 2 is 2.19 bits per heavy atom. The summed E-state index contributed by atoms with van der Waals surface area (Å²) in [5.41, 5.74) is 3.26. The van der Waals surface area contributed by atoms with Gasteiger partial charge in [-0.2, -0.15) is 0 Å². The number of aryl methyl sites for hydroxylation is 2. The number of anilines is 1. The molecule has 0 aliphatic heterocycles. The molecule has 16 heavy (non-hydrogen) atoms. The average Bonchev–Trinajstić information content (AvgIpc) is 2.29. The van der Waals surface area contributed by atoms with Crippen LogP contribution in [0.25, 0.3) is 0 Å². The third kappa shape index (κ3) is 3.86. The van der Waals surface area contributed by atoms with E-state index in [1.54, 1.807) is 0 Å². The lowest BCUT2D eigenvalue weighted by molar-refractivity contribution is -0.113. The summed E-state index contributed by atoms with van der Waals surface area (Å²) in [6, 6.07) is 6.14. The van der Waals surface area contributed by atoms with Crippen LogP contribution in [0.5, 0.6) is 0 Å². The van der Waals surface area contributed by atoms with Crippen molar-refractivity contribution in [2.75, 3.05) is 11.2 Å². The van der Waals surface area contributed by atoms with E-state index < -0.39 is 0 Å². The minimum absolute atomic E-state index is 0.00295. The van der Waals surface area contributed by atoms with Gasteiger partial charge in [-0.3, -0.25) is 4.79 Å². The van der Waals surface area contributed by atoms with E-state index in [1.165, 1.54) is 18.4 Å². The third-order valence-electron chi connectivity index (χ3n) is 2.51. The first kappa shape index (κ1) is 13.0. The lowest BCUT2D eigenvalue weighted by atomic mass is 10.0. The number of hydrogen-bond acceptors (Lipinski definition) is 1. The monoisotopic (exact) mass is 239 g/mol. The molecule has 0 radical (unpaired) electrons. The second kappa shape index (κ2) is 6.54. The van der Waals surface area contributed by atoms with E-state index in [-0.39, 0.29) is 11.8 Å². The molecule has 1 aromatic rings. The number of carbonyl (C=O) groups is 1. The van der Waals surface area contributed by atoms with Crippen molar-refractivity contribution in [3.8, 4) is 0 Å². The molecule has 0 saturated heterocycles. The summed E-state index contributed by atoms with van der Waals surface area (Å²) >= 11 is 5.44. The molecule has 0 atom stereocenters. The molecule has 1 aromatic carbocycles. The minimum atomic E-state index is -0.161. The van der Waals surface area contributed by atoms with Gasteiger partial charge in [0.1, 0.15) is 5.88 Å². The Morgan fingerprint density at radius 1 is 1.44 bits per heavy atom. The van der Waals surface area contributed by atoms with E-state index in [0.29, 0.717) is 0 Å². The van der Waals surface area contributed by atoms with E-state index in [9.17, 15) is 4.79 Å². The van der Waals surface area contributed by atoms with Crippen molar-refractivity contribution in [1.82, 2.24) is 0 Å². The Morgan fingerprint density at radius 3 is 2.75 bits per heavy atom. The number of unbranched alkanes of at least 4 members (excludes halogenated alkanes) is 1. The molecule has 3 heteroatoms. The van der Waals surface area contributed by atoms with Crippen molar-refractivity contribution in [2.45, 2.75) is 33.1 Å². The molecular weight excluding hydrogens is 222 g/mol. The van der Waals surface area contributed by atoms with E-state index >= 15 is 0 Å². The summed E-state index contributed by atoms with van der Waals surface area (Å²) in [6.45, 7) is 4.18. The molecule has 0 aliphatic carbocycles. The lowest BCUT2D eigenvalue weighted by Gasteiger charge is -2.09. The van der Waals surface area contributed by atoms with Crippen molar-refractivity contribution in [1.29, 1.82) is 0 Å². The fraction of sp³-hybridized carbons (Fsp3) is 0.462. The molecule has 88 valence electrons. The zero-order chi connectivity index (χ0) is 12.0. The number of benzene rings is 1. The normalized spacial score (nSPS) is 10.2. The van der Waals surface area contributed by atoms with Crippen LogP contribution < -0.4 is 5.32 Å². The Hall–Kier alpha value is -1.02. The van der Waals surface area contributed by atoms with Crippen molar-refractivity contribution in [3.05, 3.63) is 29.3 Å². The van der Waals surface area contributed by atoms with E-state index in [1.807, 2.05) is 13.0 Å². The molecule has 1 rings (SSSR count). The van der Waals surface area contributed by atoms with Gasteiger partial charge in [0.2, 0.25) is 5.91 Å². The molecular formula is C13H18ClNO. The van der Waals surface area contributed by atoms with Crippen molar-refractivity contribution >= 4 is 23.2 Å². The second-order valence-corrected chi connectivity index (χ2v) is 4.20. The van der Waals surface area contributed by atoms with Gasteiger partial charge in [0.05, 0.1) is 0 Å². The van der Waals surface area contributed by atoms with Crippen LogP contribution in [-0.4, -0.2) is 11.8 Å². The average molecular weight is 240 g/mol. The zero-order valence-electron chi connectivity index (χ0n) is 9.85. The first-order valence-electron chi connectivity index (χ1n) is 5.62. The molecule has 2 nitrogen and oxygen atoms in total. The topological polar surface area (TPSA) is 29.1 Å². The Labute approximate surface area is 102 Å². The van der Waals surface area contributed by atoms with Crippen molar-refractivity contribution in [3.63, 3.8) is 0 Å². The van der Waals surface area contributed by atoms with Gasteiger partial charge in [0.25, 0.3) is 0 Å². The van der Waals surface area contributed by atoms with Gasteiger partial charge in [-0.05, 0) is 37.0 Å². The maximum atomic E-state index is 11.1. The second-order valence-electron chi connectivity index (χ2n) is 3.93. The Bertz CT molecular complexity index is 363. The fourth-order valence-electron chi connectivity index (χ4n) is 1.59. The summed E-state index contributed by atoms with van der Waals surface area (Å²) in [7, 11) is 0. The Balaban J connectivity index is 2.71. The number of rotatable bonds is 5. The summed E-state index contributed by atoms with van der Waals surface area (Å²) in [5.74, 6) is -0.164. The van der Waals surface area contributed by atoms with Gasteiger partial charge in [-0.15, -0.1) is 11.6 Å². The molecule has 0 aromatic heterocycles. The summed E-state index contributed by atoms with van der Waals surface area (Å²) in [6.07, 6.45) is 3.50. The quantitative estimate of drug-likeness (QED) is 0.783. The van der Waals surface area contributed by atoms with E-state index in [4.69, 9.17) is 11.6 Å². The van der Waals surface area contributed by atoms with Gasteiger partial charge >= 0.3 is 0 Å². The predicted octanol–water partition coefficient (Wildman–Crippen LogP) is 3.51. The van der Waals surface area contributed by atoms with Gasteiger partial charge in [-0.1, -0.05) is 25.5 Å². The van der Waals surface area contributed by atoms with Gasteiger partial charge < -0.3 is 5.32 Å². The van der Waals surface area contributed by atoms with E-state index in [2.05, 4.69) is 24.4 Å². The highest BCUT2D eigenvalue weighted by molar-refractivity contribution is 6.29. The third-order valence-corrected chi connectivity index (χ3v) is 2.75. The Kier molecular flexibility index (Phi) is 5.33. The summed E-state index contributed by atoms with van der Waals surface area (Å²) in [4.78, 5) is 11.1. The molecule has 0 spiro atoms. The molecule has 0 unspecified atom stereocenters. The van der Waals surface area contributed by atoms with Gasteiger partial charge in [-0.25, -0.2) is 0 Å². The molecule has 1 amide bonds. The minimum Gasteiger partial charge on any atom is -0.325 e. The first-order chi connectivity index (χ1) is 7.67. The molecule has 1 N–H and O–H groups in total. The van der Waals surface area contributed by atoms with Gasteiger partial charge in [0, 0.05) is 5.69 Å². The number of alkyl halides is 1. The zero-order valence-corrected chi connectivity index (χ0v) is 10.6. The largest absolute Gasteiger partial charge is 0.325 e. The predicted molar refractivity (Wildman–Crippen MR) is 69.1 cm³/mol. The first-order valence-corrected chi connectivity index (χ1v) is 6.16. The standard InChI is InChI=1S/C13H18ClNO/c1-3-4-5-11-6-7-12(10(2)8-11)15-13(16)9-14/h6-8H,3-5,9H2,1-2H3,(H,15,16). The maximum Gasteiger partial charge on any atom is 0.239 e. The van der Waals surface area contributed by atoms with Crippen molar-refractivity contribution < 1.29 is 4.79 Å². The molecule has 0 heterocycles. The number of nitrogens with one attached hydrogen (secondary N) is 1. The van der Waals surface area contributed by atoms with Crippen LogP contribution in [0, 0.1) is 6.92 Å². The molecule has 0 fully saturated rings. The van der Waals surface area contributed by atoms with Gasteiger partial charge in [0.15, 0.2) is 0 Å². The summed E-state index contributed by atoms with van der Waals surface area (Å²) in [5, 5.41) is 2.77. The number of amides is 1. The van der Waals surface area contributed by atoms with Crippen LogP contribution >= 0.6 is 11.6 Å². The summed E-state index contributed by atoms with van der Waals surface area (Å²) < 4.78 is 0. The van der Waals surface area contributed by atoms with Crippen LogP contribution in [0.4, 0.5) is 5.69 Å². The molecule has 0 bridgehead atoms. The molecule has 0 saturated carbocycles. The van der Waals surface area contributed by atoms with Crippen LogP contribution in [0.15, 0.2) is 18.2 Å². The van der Waals surface area contributed by atoms with Crippen LogP contribution in [0.3, 0.4) is 0 Å². The fourth-order valence-corrected chi connectivity index (χ4v) is 1.65. The SMILES string of the molecule is CCCCc1ccc(NC(=O)CCl)c(C)c1. The molecule has 0 aliphatic rings. The lowest BCUT2D eigenvalue weighted by Crippen LogP contribution is -2.13. The van der Waals surface area contributed by atoms with Crippen LogP contribution in [0.2, 0.25) is 0 Å². The maximum absolute atomic E-state index is 11.1. The highest BCUT2D eigenvalue weighted by Gasteiger charge is 2.03. The smallest absolute Gasteiger partial charge is 0.239 e. The number of hydrogen-bond donors (Lipinski definition) is 1. The number of carbonyl (C=O) groups excluding carboxylic acids is 1. The highest BCUT2D eigenvalue weighted by Crippen LogP contribution is 2.17. The highest BCUT2D eigenvalue weighted by atomic mass is 35.5. The number of halogens is 1. The van der Waals surface area contributed by atoms with Crippen LogP contribution in [-0.2, 0) is 11.2 Å². The van der Waals surface area contributed by atoms with E-state index in [0.717, 1.165) is 17.7 Å². The van der Waals surface area contributed by atoms with Crippen molar-refractivity contribution in [2.24, 2.45) is 0 Å². The van der Waals surface area contributed by atoms with Crippen LogP contribution in [0.1, 0.15) is 30.9 Å².